The number of imidazole rings is 1. The molecule has 0 spiro atoms. The zero-order valence-corrected chi connectivity index (χ0v) is 10.7. The average molecular weight is 246 g/mol. The highest BCUT2D eigenvalue weighted by molar-refractivity contribution is 5.96. The van der Waals surface area contributed by atoms with E-state index >= 15 is 0 Å². The van der Waals surface area contributed by atoms with Gasteiger partial charge in [-0.3, -0.25) is 4.79 Å². The summed E-state index contributed by atoms with van der Waals surface area (Å²) in [6.07, 6.45) is 2.29. The molecule has 0 saturated carbocycles. The highest BCUT2D eigenvalue weighted by atomic mass is 16.2. The Balaban J connectivity index is 2.15. The topological polar surface area (TPSA) is 83.8 Å². The van der Waals surface area contributed by atoms with Crippen LogP contribution in [0.2, 0.25) is 0 Å². The number of hydrogen-bond acceptors (Lipinski definition) is 3. The average Bonchev–Trinajstić information content (AvgIpc) is 2.76. The highest BCUT2D eigenvalue weighted by Gasteiger charge is 2.26. The maximum atomic E-state index is 12.1. The minimum absolute atomic E-state index is 0.0215. The number of benzene rings is 1. The van der Waals surface area contributed by atoms with E-state index in [1.54, 1.807) is 6.33 Å². The molecule has 2 rings (SSSR count). The molecular weight excluding hydrogens is 228 g/mol. The molecule has 0 bridgehead atoms. The van der Waals surface area contributed by atoms with E-state index in [9.17, 15) is 4.79 Å². The molecule has 0 fully saturated rings. The quantitative estimate of drug-likeness (QED) is 0.770. The smallest absolute Gasteiger partial charge is 0.230 e. The first-order chi connectivity index (χ1) is 8.53. The van der Waals surface area contributed by atoms with Gasteiger partial charge >= 0.3 is 0 Å². The SMILES string of the molecule is CC(C)(CCN)C(=O)Nc1ccc2nc[nH]c2c1. The third-order valence-electron chi connectivity index (χ3n) is 3.06. The molecule has 96 valence electrons. The molecule has 5 nitrogen and oxygen atoms in total. The molecular formula is C13H18N4O. The highest BCUT2D eigenvalue weighted by Crippen LogP contribution is 2.23. The number of nitrogens with two attached hydrogens (primary N) is 1. The van der Waals surface area contributed by atoms with Crippen molar-refractivity contribution in [2.45, 2.75) is 20.3 Å². The molecule has 0 aliphatic heterocycles. The molecule has 1 aromatic carbocycles. The number of H-pyrrole nitrogens is 1. The Bertz CT molecular complexity index is 559. The van der Waals surface area contributed by atoms with Gasteiger partial charge in [0.1, 0.15) is 0 Å². The van der Waals surface area contributed by atoms with Crippen molar-refractivity contribution in [2.75, 3.05) is 11.9 Å². The van der Waals surface area contributed by atoms with E-state index in [1.807, 2.05) is 32.0 Å². The lowest BCUT2D eigenvalue weighted by atomic mass is 9.88. The van der Waals surface area contributed by atoms with Crippen LogP contribution in [0.15, 0.2) is 24.5 Å². The molecule has 18 heavy (non-hydrogen) atoms. The van der Waals surface area contributed by atoms with Crippen molar-refractivity contribution in [2.24, 2.45) is 11.1 Å². The van der Waals surface area contributed by atoms with E-state index in [0.717, 1.165) is 16.7 Å². The maximum Gasteiger partial charge on any atom is 0.230 e. The summed E-state index contributed by atoms with van der Waals surface area (Å²) < 4.78 is 0. The molecule has 0 aliphatic carbocycles. The summed E-state index contributed by atoms with van der Waals surface area (Å²) in [5.74, 6) is -0.0215. The number of fused-ring (bicyclic) bond motifs is 1. The summed E-state index contributed by atoms with van der Waals surface area (Å²) in [4.78, 5) is 19.3. The van der Waals surface area contributed by atoms with Crippen LogP contribution in [-0.2, 0) is 4.79 Å². The lowest BCUT2D eigenvalue weighted by Crippen LogP contribution is -2.32. The third kappa shape index (κ3) is 2.51. The summed E-state index contributed by atoms with van der Waals surface area (Å²) in [5, 5.41) is 2.91. The van der Waals surface area contributed by atoms with E-state index in [1.165, 1.54) is 0 Å². The molecule has 2 aromatic rings. The van der Waals surface area contributed by atoms with Gasteiger partial charge in [-0.1, -0.05) is 13.8 Å². The van der Waals surface area contributed by atoms with Crippen molar-refractivity contribution in [3.63, 3.8) is 0 Å². The first-order valence-electron chi connectivity index (χ1n) is 5.97. The van der Waals surface area contributed by atoms with Gasteiger partial charge in [0.25, 0.3) is 0 Å². The standard InChI is InChI=1S/C13H18N4O/c1-13(2,5-6-14)12(18)17-9-3-4-10-11(7-9)16-8-15-10/h3-4,7-8H,5-6,14H2,1-2H3,(H,15,16)(H,17,18). The van der Waals surface area contributed by atoms with Crippen molar-refractivity contribution >= 4 is 22.6 Å². The van der Waals surface area contributed by atoms with Gasteiger partial charge in [0, 0.05) is 11.1 Å². The van der Waals surface area contributed by atoms with E-state index < -0.39 is 5.41 Å². The fourth-order valence-electron chi connectivity index (χ4n) is 1.79. The fourth-order valence-corrected chi connectivity index (χ4v) is 1.79. The summed E-state index contributed by atoms with van der Waals surface area (Å²) in [7, 11) is 0. The van der Waals surface area contributed by atoms with Crippen LogP contribution >= 0.6 is 0 Å². The Hall–Kier alpha value is -1.88. The van der Waals surface area contributed by atoms with Gasteiger partial charge in [0.05, 0.1) is 17.4 Å². The van der Waals surface area contributed by atoms with E-state index in [-0.39, 0.29) is 5.91 Å². The lowest BCUT2D eigenvalue weighted by molar-refractivity contribution is -0.124. The molecule has 5 heteroatoms. The van der Waals surface area contributed by atoms with Crippen LogP contribution in [0.25, 0.3) is 11.0 Å². The number of amides is 1. The summed E-state index contributed by atoms with van der Waals surface area (Å²) in [5.41, 5.74) is 7.61. The number of hydrogen-bond donors (Lipinski definition) is 3. The molecule has 0 unspecified atom stereocenters. The van der Waals surface area contributed by atoms with E-state index in [2.05, 4.69) is 15.3 Å². The molecule has 1 heterocycles. The van der Waals surface area contributed by atoms with Crippen LogP contribution in [0, 0.1) is 5.41 Å². The number of nitrogens with zero attached hydrogens (tertiary/aromatic N) is 1. The normalized spacial score (nSPS) is 11.7. The Morgan fingerprint density at radius 1 is 1.50 bits per heavy atom. The lowest BCUT2D eigenvalue weighted by Gasteiger charge is -2.22. The van der Waals surface area contributed by atoms with Gasteiger partial charge in [-0.25, -0.2) is 4.98 Å². The first-order valence-corrected chi connectivity index (χ1v) is 5.97. The van der Waals surface area contributed by atoms with Crippen LogP contribution in [0.4, 0.5) is 5.69 Å². The molecule has 4 N–H and O–H groups in total. The number of nitrogens with one attached hydrogen (secondary N) is 2. The number of carbonyl (C=O) groups excluding carboxylic acids is 1. The second-order valence-corrected chi connectivity index (χ2v) is 5.01. The van der Waals surface area contributed by atoms with Crippen LogP contribution in [0.5, 0.6) is 0 Å². The molecule has 1 amide bonds. The predicted molar refractivity (Wildman–Crippen MR) is 72.2 cm³/mol. The largest absolute Gasteiger partial charge is 0.345 e. The van der Waals surface area contributed by atoms with E-state index in [4.69, 9.17) is 5.73 Å². The zero-order valence-electron chi connectivity index (χ0n) is 10.7. The van der Waals surface area contributed by atoms with Gasteiger partial charge in [-0.05, 0) is 31.2 Å². The van der Waals surface area contributed by atoms with Crippen molar-refractivity contribution in [1.29, 1.82) is 0 Å². The van der Waals surface area contributed by atoms with E-state index in [0.29, 0.717) is 13.0 Å². The minimum Gasteiger partial charge on any atom is -0.345 e. The first kappa shape index (κ1) is 12.6. The van der Waals surface area contributed by atoms with Gasteiger partial charge in [-0.2, -0.15) is 0 Å². The third-order valence-corrected chi connectivity index (χ3v) is 3.06. The predicted octanol–water partition coefficient (Wildman–Crippen LogP) is 1.88. The minimum atomic E-state index is -0.461. The Kier molecular flexibility index (Phi) is 3.34. The maximum absolute atomic E-state index is 12.1. The number of carbonyl (C=O) groups is 1. The number of aromatic nitrogens is 2. The monoisotopic (exact) mass is 246 g/mol. The summed E-state index contributed by atoms with van der Waals surface area (Å²) >= 11 is 0. The molecule has 0 atom stereocenters. The molecule has 1 aromatic heterocycles. The number of anilines is 1. The molecule has 0 saturated heterocycles. The van der Waals surface area contributed by atoms with Crippen LogP contribution in [-0.4, -0.2) is 22.4 Å². The van der Waals surface area contributed by atoms with Crippen molar-refractivity contribution in [3.8, 4) is 0 Å². The fraction of sp³-hybridized carbons (Fsp3) is 0.385. The Labute approximate surface area is 106 Å². The summed E-state index contributed by atoms with van der Waals surface area (Å²) in [6.45, 7) is 4.29. The van der Waals surface area contributed by atoms with Crippen molar-refractivity contribution < 1.29 is 4.79 Å². The van der Waals surface area contributed by atoms with Gasteiger partial charge in [0.15, 0.2) is 0 Å². The zero-order chi connectivity index (χ0) is 13.2. The summed E-state index contributed by atoms with van der Waals surface area (Å²) in [6, 6.07) is 5.59. The van der Waals surface area contributed by atoms with Gasteiger partial charge in [0.2, 0.25) is 5.91 Å². The van der Waals surface area contributed by atoms with Gasteiger partial charge < -0.3 is 16.0 Å². The molecule has 0 aliphatic rings. The molecule has 0 radical (unpaired) electrons. The second kappa shape index (κ2) is 4.78. The number of rotatable bonds is 4. The second-order valence-electron chi connectivity index (χ2n) is 5.01. The number of aromatic amines is 1. The Morgan fingerprint density at radius 3 is 3.00 bits per heavy atom. The van der Waals surface area contributed by atoms with Crippen LogP contribution < -0.4 is 11.1 Å². The Morgan fingerprint density at radius 2 is 2.28 bits per heavy atom. The van der Waals surface area contributed by atoms with Gasteiger partial charge in [-0.15, -0.1) is 0 Å². The van der Waals surface area contributed by atoms with Crippen LogP contribution in [0.1, 0.15) is 20.3 Å². The van der Waals surface area contributed by atoms with Crippen molar-refractivity contribution in [1.82, 2.24) is 9.97 Å². The van der Waals surface area contributed by atoms with Crippen LogP contribution in [0.3, 0.4) is 0 Å². The van der Waals surface area contributed by atoms with Crippen molar-refractivity contribution in [3.05, 3.63) is 24.5 Å².